The van der Waals surface area contributed by atoms with Gasteiger partial charge in [0, 0.05) is 49.0 Å². The summed E-state index contributed by atoms with van der Waals surface area (Å²) in [6.45, 7) is 4.00. The number of benzene rings is 1. The number of nitrogens with zero attached hydrogens (tertiary/aromatic N) is 4. The smallest absolute Gasteiger partial charge is 0.236 e. The van der Waals surface area contributed by atoms with Crippen LogP contribution in [0.2, 0.25) is 10.0 Å². The van der Waals surface area contributed by atoms with Gasteiger partial charge >= 0.3 is 0 Å². The summed E-state index contributed by atoms with van der Waals surface area (Å²) in [4.78, 5) is 23.1. The molecule has 3 rings (SSSR count). The van der Waals surface area contributed by atoms with Gasteiger partial charge in [-0.2, -0.15) is 0 Å². The Morgan fingerprint density at radius 3 is 2.58 bits per heavy atom. The molecule has 0 atom stereocenters. The zero-order valence-electron chi connectivity index (χ0n) is 14.7. The van der Waals surface area contributed by atoms with Gasteiger partial charge in [0.15, 0.2) is 0 Å². The fraction of sp³-hybridized carbons (Fsp3) is 0.368. The number of pyridine rings is 1. The maximum Gasteiger partial charge on any atom is 0.236 e. The molecule has 5 nitrogen and oxygen atoms in total. The van der Waals surface area contributed by atoms with Gasteiger partial charge in [-0.15, -0.1) is 0 Å². The van der Waals surface area contributed by atoms with E-state index in [1.165, 1.54) is 0 Å². The minimum absolute atomic E-state index is 0.137. The number of hydrogen-bond acceptors (Lipinski definition) is 4. The Kier molecular flexibility index (Phi) is 6.35. The molecule has 0 unspecified atom stereocenters. The predicted octanol–water partition coefficient (Wildman–Crippen LogP) is 3.17. The van der Waals surface area contributed by atoms with Crippen molar-refractivity contribution in [3.05, 3.63) is 58.2 Å². The van der Waals surface area contributed by atoms with Crippen molar-refractivity contribution in [2.45, 2.75) is 6.54 Å². The first kappa shape index (κ1) is 19.0. The largest absolute Gasteiger partial charge is 0.353 e. The average molecular weight is 393 g/mol. The molecule has 1 fully saturated rings. The van der Waals surface area contributed by atoms with Gasteiger partial charge in [-0.3, -0.25) is 9.69 Å². The standard InChI is InChI=1S/C19H22Cl2N4O/c1-23(13-15-5-6-16(20)12-17(15)21)14-19(26)25-10-8-24(9-11-25)18-4-2-3-7-22-18/h2-7,12H,8-11,13-14H2,1H3. The van der Waals surface area contributed by atoms with Crippen LogP contribution in [0.15, 0.2) is 42.6 Å². The van der Waals surface area contributed by atoms with Crippen LogP contribution in [0.5, 0.6) is 0 Å². The van der Waals surface area contributed by atoms with Gasteiger partial charge in [-0.1, -0.05) is 35.3 Å². The van der Waals surface area contributed by atoms with Crippen LogP contribution >= 0.6 is 23.2 Å². The Hall–Kier alpha value is -1.82. The first-order chi connectivity index (χ1) is 12.5. The average Bonchev–Trinajstić information content (AvgIpc) is 2.65. The summed E-state index contributed by atoms with van der Waals surface area (Å²) >= 11 is 12.1. The molecule has 1 saturated heterocycles. The molecule has 0 radical (unpaired) electrons. The van der Waals surface area contributed by atoms with E-state index in [1.807, 2.05) is 47.2 Å². The molecule has 0 aliphatic carbocycles. The summed E-state index contributed by atoms with van der Waals surface area (Å²) in [5.41, 5.74) is 0.964. The maximum absolute atomic E-state index is 12.6. The van der Waals surface area contributed by atoms with Crippen molar-refractivity contribution in [3.8, 4) is 0 Å². The molecule has 0 saturated carbocycles. The molecule has 1 amide bonds. The van der Waals surface area contributed by atoms with Crippen LogP contribution in [0.3, 0.4) is 0 Å². The summed E-state index contributed by atoms with van der Waals surface area (Å²) in [7, 11) is 1.92. The monoisotopic (exact) mass is 392 g/mol. The van der Waals surface area contributed by atoms with E-state index in [4.69, 9.17) is 23.2 Å². The van der Waals surface area contributed by atoms with Crippen molar-refractivity contribution in [3.63, 3.8) is 0 Å². The van der Waals surface area contributed by atoms with E-state index in [1.54, 1.807) is 12.3 Å². The van der Waals surface area contributed by atoms with E-state index in [9.17, 15) is 4.79 Å². The Morgan fingerprint density at radius 2 is 1.92 bits per heavy atom. The minimum Gasteiger partial charge on any atom is -0.353 e. The number of likely N-dealkylation sites (N-methyl/N-ethyl adjacent to an activating group) is 1. The van der Waals surface area contributed by atoms with Gasteiger partial charge in [0.1, 0.15) is 5.82 Å². The van der Waals surface area contributed by atoms with Crippen molar-refractivity contribution in [2.75, 3.05) is 44.7 Å². The Bertz CT molecular complexity index is 748. The molecule has 0 bridgehead atoms. The van der Waals surface area contributed by atoms with E-state index in [2.05, 4.69) is 9.88 Å². The highest BCUT2D eigenvalue weighted by Gasteiger charge is 2.22. The quantitative estimate of drug-likeness (QED) is 0.783. The Morgan fingerprint density at radius 1 is 1.15 bits per heavy atom. The molecule has 1 aromatic heterocycles. The molecule has 26 heavy (non-hydrogen) atoms. The van der Waals surface area contributed by atoms with Crippen LogP contribution in [-0.4, -0.2) is 60.5 Å². The van der Waals surface area contributed by atoms with Gasteiger partial charge in [-0.25, -0.2) is 4.98 Å². The second-order valence-electron chi connectivity index (χ2n) is 6.46. The topological polar surface area (TPSA) is 39.7 Å². The molecule has 2 heterocycles. The summed E-state index contributed by atoms with van der Waals surface area (Å²) in [6, 6.07) is 11.3. The molecule has 7 heteroatoms. The third-order valence-electron chi connectivity index (χ3n) is 4.47. The molecular formula is C19H22Cl2N4O. The molecule has 1 aliphatic heterocycles. The van der Waals surface area contributed by atoms with Crippen LogP contribution in [0.4, 0.5) is 5.82 Å². The number of amides is 1. The molecule has 0 spiro atoms. The number of hydrogen-bond donors (Lipinski definition) is 0. The SMILES string of the molecule is CN(CC(=O)N1CCN(c2ccccn2)CC1)Cc1ccc(Cl)cc1Cl. The number of piperazine rings is 1. The lowest BCUT2D eigenvalue weighted by Crippen LogP contribution is -2.51. The number of carbonyl (C=O) groups is 1. The summed E-state index contributed by atoms with van der Waals surface area (Å²) in [5, 5.41) is 1.24. The molecule has 1 aliphatic rings. The molecule has 138 valence electrons. The van der Waals surface area contributed by atoms with Gasteiger partial charge in [0.2, 0.25) is 5.91 Å². The highest BCUT2D eigenvalue weighted by Crippen LogP contribution is 2.22. The lowest BCUT2D eigenvalue weighted by atomic mass is 10.2. The fourth-order valence-electron chi connectivity index (χ4n) is 3.05. The van der Waals surface area contributed by atoms with Gasteiger partial charge in [-0.05, 0) is 36.9 Å². The lowest BCUT2D eigenvalue weighted by molar-refractivity contribution is -0.132. The number of aromatic nitrogens is 1. The van der Waals surface area contributed by atoms with E-state index in [0.29, 0.717) is 36.2 Å². The highest BCUT2D eigenvalue weighted by atomic mass is 35.5. The van der Waals surface area contributed by atoms with E-state index >= 15 is 0 Å². The van der Waals surface area contributed by atoms with Crippen molar-refractivity contribution < 1.29 is 4.79 Å². The first-order valence-electron chi connectivity index (χ1n) is 8.59. The van der Waals surface area contributed by atoms with Gasteiger partial charge < -0.3 is 9.80 Å². The van der Waals surface area contributed by atoms with E-state index < -0.39 is 0 Å². The predicted molar refractivity (Wildman–Crippen MR) is 106 cm³/mol. The zero-order valence-corrected chi connectivity index (χ0v) is 16.2. The molecule has 2 aromatic rings. The second kappa shape index (κ2) is 8.71. The van der Waals surface area contributed by atoms with Crippen LogP contribution in [0, 0.1) is 0 Å². The lowest BCUT2D eigenvalue weighted by Gasteiger charge is -2.36. The van der Waals surface area contributed by atoms with E-state index in [-0.39, 0.29) is 5.91 Å². The molecular weight excluding hydrogens is 371 g/mol. The van der Waals surface area contributed by atoms with Crippen molar-refractivity contribution in [1.29, 1.82) is 0 Å². The first-order valence-corrected chi connectivity index (χ1v) is 9.35. The van der Waals surface area contributed by atoms with E-state index in [0.717, 1.165) is 24.5 Å². The molecule has 0 N–H and O–H groups in total. The van der Waals surface area contributed by atoms with Crippen molar-refractivity contribution >= 4 is 34.9 Å². The maximum atomic E-state index is 12.6. The van der Waals surface area contributed by atoms with Crippen molar-refractivity contribution in [1.82, 2.24) is 14.8 Å². The Balaban J connectivity index is 1.49. The number of halogens is 2. The van der Waals surface area contributed by atoms with Crippen LogP contribution in [0.1, 0.15) is 5.56 Å². The second-order valence-corrected chi connectivity index (χ2v) is 7.31. The minimum atomic E-state index is 0.137. The van der Waals surface area contributed by atoms with Crippen LogP contribution in [-0.2, 0) is 11.3 Å². The van der Waals surface area contributed by atoms with Crippen LogP contribution < -0.4 is 4.90 Å². The number of carbonyl (C=O) groups excluding carboxylic acids is 1. The highest BCUT2D eigenvalue weighted by molar-refractivity contribution is 6.35. The Labute approximate surface area is 164 Å². The number of anilines is 1. The zero-order chi connectivity index (χ0) is 18.5. The summed E-state index contributed by atoms with van der Waals surface area (Å²) in [5.74, 6) is 1.10. The van der Waals surface area contributed by atoms with Crippen LogP contribution in [0.25, 0.3) is 0 Å². The number of rotatable bonds is 5. The third kappa shape index (κ3) is 4.87. The fourth-order valence-corrected chi connectivity index (χ4v) is 3.52. The van der Waals surface area contributed by atoms with Gasteiger partial charge in [0.05, 0.1) is 6.54 Å². The molecule has 1 aromatic carbocycles. The summed E-state index contributed by atoms with van der Waals surface area (Å²) < 4.78 is 0. The summed E-state index contributed by atoms with van der Waals surface area (Å²) in [6.07, 6.45) is 1.80. The third-order valence-corrected chi connectivity index (χ3v) is 5.05. The normalized spacial score (nSPS) is 14.8. The van der Waals surface area contributed by atoms with Gasteiger partial charge in [0.25, 0.3) is 0 Å². The van der Waals surface area contributed by atoms with Crippen molar-refractivity contribution in [2.24, 2.45) is 0 Å².